The fraction of sp³-hybridized carbons (Fsp3) is 0.478. The van der Waals surface area contributed by atoms with E-state index in [2.05, 4.69) is 46.3 Å². The van der Waals surface area contributed by atoms with Crippen LogP contribution < -0.4 is 0 Å². The summed E-state index contributed by atoms with van der Waals surface area (Å²) in [5.41, 5.74) is 4.51. The van der Waals surface area contributed by atoms with Crippen molar-refractivity contribution in [2.45, 2.75) is 43.6 Å². The van der Waals surface area contributed by atoms with Gasteiger partial charge in [0.2, 0.25) is 5.91 Å². The second-order valence-electron chi connectivity index (χ2n) is 8.39. The largest absolute Gasteiger partial charge is 0.349 e. The van der Waals surface area contributed by atoms with Crippen molar-refractivity contribution in [3.05, 3.63) is 65.5 Å². The van der Waals surface area contributed by atoms with Gasteiger partial charge in [-0.3, -0.25) is 14.7 Å². The monoisotopic (exact) mass is 363 g/mol. The van der Waals surface area contributed by atoms with Crippen molar-refractivity contribution < 1.29 is 4.79 Å². The molecule has 2 aromatic rings. The number of pyridine rings is 1. The van der Waals surface area contributed by atoms with E-state index in [1.165, 1.54) is 29.5 Å². The normalized spacial score (nSPS) is 21.2. The van der Waals surface area contributed by atoms with Crippen molar-refractivity contribution in [3.63, 3.8) is 0 Å². The molecule has 1 amide bonds. The summed E-state index contributed by atoms with van der Waals surface area (Å²) in [7, 11) is 3.72. The number of aromatic nitrogens is 1. The molecule has 2 aliphatic rings. The van der Waals surface area contributed by atoms with E-state index in [0.717, 1.165) is 26.1 Å². The molecule has 0 radical (unpaired) electrons. The molecule has 0 unspecified atom stereocenters. The van der Waals surface area contributed by atoms with Crippen LogP contribution in [0.3, 0.4) is 0 Å². The Labute approximate surface area is 162 Å². The molecule has 1 aliphatic heterocycles. The van der Waals surface area contributed by atoms with Gasteiger partial charge in [-0.05, 0) is 72.5 Å². The van der Waals surface area contributed by atoms with E-state index < -0.39 is 0 Å². The first-order chi connectivity index (χ1) is 13.1. The van der Waals surface area contributed by atoms with Crippen molar-refractivity contribution in [1.29, 1.82) is 0 Å². The Balaban J connectivity index is 1.48. The Morgan fingerprint density at radius 3 is 2.56 bits per heavy atom. The van der Waals surface area contributed by atoms with E-state index in [9.17, 15) is 4.79 Å². The first-order valence-corrected chi connectivity index (χ1v) is 9.98. The van der Waals surface area contributed by atoms with Gasteiger partial charge in [0, 0.05) is 39.5 Å². The SMILES string of the molecule is CN(C)C(=O)C[C@H]1CC2(CCN(Cc3ccncc3)CC2)c2ccccc21. The lowest BCUT2D eigenvalue weighted by Gasteiger charge is -2.40. The van der Waals surface area contributed by atoms with Crippen LogP contribution in [0.2, 0.25) is 0 Å². The number of piperidine rings is 1. The topological polar surface area (TPSA) is 36.4 Å². The van der Waals surface area contributed by atoms with Crippen LogP contribution in [0.25, 0.3) is 0 Å². The van der Waals surface area contributed by atoms with Crippen molar-refractivity contribution in [2.75, 3.05) is 27.2 Å². The van der Waals surface area contributed by atoms with Crippen LogP contribution in [-0.4, -0.2) is 47.9 Å². The predicted molar refractivity (Wildman–Crippen MR) is 108 cm³/mol. The Hall–Kier alpha value is -2.20. The quantitative estimate of drug-likeness (QED) is 0.833. The summed E-state index contributed by atoms with van der Waals surface area (Å²) in [4.78, 5) is 20.7. The molecule has 1 aromatic heterocycles. The maximum atomic E-state index is 12.3. The highest BCUT2D eigenvalue weighted by Gasteiger charge is 2.45. The Morgan fingerprint density at radius 2 is 1.85 bits per heavy atom. The maximum Gasteiger partial charge on any atom is 0.222 e. The van der Waals surface area contributed by atoms with Crippen LogP contribution in [0.4, 0.5) is 0 Å². The van der Waals surface area contributed by atoms with Crippen molar-refractivity contribution in [2.24, 2.45) is 0 Å². The van der Waals surface area contributed by atoms with Gasteiger partial charge < -0.3 is 4.90 Å². The van der Waals surface area contributed by atoms with E-state index in [-0.39, 0.29) is 11.3 Å². The van der Waals surface area contributed by atoms with Gasteiger partial charge in [-0.25, -0.2) is 0 Å². The molecular formula is C23H29N3O. The number of rotatable bonds is 4. The van der Waals surface area contributed by atoms with Gasteiger partial charge in [-0.2, -0.15) is 0 Å². The molecular weight excluding hydrogens is 334 g/mol. The summed E-state index contributed by atoms with van der Waals surface area (Å²) in [6.07, 6.45) is 7.87. The van der Waals surface area contributed by atoms with Crippen molar-refractivity contribution >= 4 is 5.91 Å². The van der Waals surface area contributed by atoms with Gasteiger partial charge in [-0.15, -0.1) is 0 Å². The fourth-order valence-corrected chi connectivity index (χ4v) is 4.96. The van der Waals surface area contributed by atoms with Crippen LogP contribution in [0.1, 0.15) is 48.3 Å². The van der Waals surface area contributed by atoms with Gasteiger partial charge in [0.05, 0.1) is 0 Å². The van der Waals surface area contributed by atoms with E-state index >= 15 is 0 Å². The molecule has 2 heterocycles. The van der Waals surface area contributed by atoms with E-state index in [1.54, 1.807) is 4.90 Å². The summed E-state index contributed by atoms with van der Waals surface area (Å²) >= 11 is 0. The summed E-state index contributed by atoms with van der Waals surface area (Å²) in [6, 6.07) is 13.1. The number of nitrogens with zero attached hydrogens (tertiary/aromatic N) is 3. The highest BCUT2D eigenvalue weighted by molar-refractivity contribution is 5.77. The third kappa shape index (κ3) is 3.63. The minimum absolute atomic E-state index is 0.238. The zero-order valence-corrected chi connectivity index (χ0v) is 16.4. The molecule has 1 atom stereocenters. The minimum atomic E-state index is 0.238. The molecule has 27 heavy (non-hydrogen) atoms. The second kappa shape index (κ2) is 7.43. The molecule has 1 aromatic carbocycles. The van der Waals surface area contributed by atoms with Crippen LogP contribution in [0, 0.1) is 0 Å². The summed E-state index contributed by atoms with van der Waals surface area (Å²) < 4.78 is 0. The van der Waals surface area contributed by atoms with Crippen molar-refractivity contribution in [1.82, 2.24) is 14.8 Å². The van der Waals surface area contributed by atoms with E-state index in [1.807, 2.05) is 26.5 Å². The van der Waals surface area contributed by atoms with Crippen LogP contribution in [0.5, 0.6) is 0 Å². The van der Waals surface area contributed by atoms with E-state index in [4.69, 9.17) is 0 Å². The zero-order chi connectivity index (χ0) is 18.9. The van der Waals surface area contributed by atoms with Crippen LogP contribution in [0.15, 0.2) is 48.8 Å². The zero-order valence-electron chi connectivity index (χ0n) is 16.4. The Morgan fingerprint density at radius 1 is 1.15 bits per heavy atom. The molecule has 0 N–H and O–H groups in total. The fourth-order valence-electron chi connectivity index (χ4n) is 4.96. The molecule has 0 saturated carbocycles. The molecule has 1 aliphatic carbocycles. The number of benzene rings is 1. The lowest BCUT2D eigenvalue weighted by atomic mass is 9.73. The molecule has 4 heteroatoms. The third-order valence-corrected chi connectivity index (χ3v) is 6.50. The number of carbonyl (C=O) groups excluding carboxylic acids is 1. The number of amides is 1. The van der Waals surface area contributed by atoms with Crippen LogP contribution in [-0.2, 0) is 16.8 Å². The van der Waals surface area contributed by atoms with Gasteiger partial charge in [0.1, 0.15) is 0 Å². The number of fused-ring (bicyclic) bond motifs is 2. The third-order valence-electron chi connectivity index (χ3n) is 6.50. The van der Waals surface area contributed by atoms with Gasteiger partial charge in [0.25, 0.3) is 0 Å². The first kappa shape index (κ1) is 18.2. The summed E-state index contributed by atoms with van der Waals surface area (Å²) in [6.45, 7) is 3.23. The predicted octanol–water partition coefficient (Wildman–Crippen LogP) is 3.58. The van der Waals surface area contributed by atoms with E-state index in [0.29, 0.717) is 12.3 Å². The number of hydrogen-bond donors (Lipinski definition) is 0. The molecule has 4 rings (SSSR count). The summed E-state index contributed by atoms with van der Waals surface area (Å²) in [5, 5.41) is 0. The minimum Gasteiger partial charge on any atom is -0.349 e. The van der Waals surface area contributed by atoms with Gasteiger partial charge in [-0.1, -0.05) is 24.3 Å². The number of likely N-dealkylation sites (tertiary alicyclic amines) is 1. The number of hydrogen-bond acceptors (Lipinski definition) is 3. The van der Waals surface area contributed by atoms with Crippen LogP contribution >= 0.6 is 0 Å². The number of carbonyl (C=O) groups is 1. The molecule has 4 nitrogen and oxygen atoms in total. The Bertz CT molecular complexity index is 794. The average Bonchev–Trinajstić information content (AvgIpc) is 2.98. The first-order valence-electron chi connectivity index (χ1n) is 9.98. The molecule has 142 valence electrons. The van der Waals surface area contributed by atoms with Gasteiger partial charge in [0.15, 0.2) is 0 Å². The maximum absolute atomic E-state index is 12.3. The molecule has 1 fully saturated rings. The summed E-state index contributed by atoms with van der Waals surface area (Å²) in [5.74, 6) is 0.602. The molecule has 1 spiro atoms. The highest BCUT2D eigenvalue weighted by atomic mass is 16.2. The standard InChI is InChI=1S/C23H29N3O/c1-25(2)22(27)15-19-16-23(21-6-4-3-5-20(19)21)9-13-26(14-10-23)17-18-7-11-24-12-8-18/h3-8,11-12,19H,9-10,13-17H2,1-2H3/t19-/m0/s1. The van der Waals surface area contributed by atoms with Crippen molar-refractivity contribution in [3.8, 4) is 0 Å². The molecule has 0 bridgehead atoms. The molecule has 1 saturated heterocycles. The highest BCUT2D eigenvalue weighted by Crippen LogP contribution is 2.52. The smallest absolute Gasteiger partial charge is 0.222 e. The van der Waals surface area contributed by atoms with Gasteiger partial charge >= 0.3 is 0 Å². The second-order valence-corrected chi connectivity index (χ2v) is 8.39. The lowest BCUT2D eigenvalue weighted by Crippen LogP contribution is -2.41. The Kier molecular flexibility index (Phi) is 5.00. The average molecular weight is 364 g/mol. The lowest BCUT2D eigenvalue weighted by molar-refractivity contribution is -0.129.